The van der Waals surface area contributed by atoms with Crippen LogP contribution in [0.3, 0.4) is 0 Å². The number of rotatable bonds is 5. The SMILES string of the molecule is CN(Cc1ccc(C(=O)O)cc1)C(=O)NCc1ncc[nH]1. The zero-order chi connectivity index (χ0) is 15.2. The molecular weight excluding hydrogens is 272 g/mol. The van der Waals surface area contributed by atoms with Crippen LogP contribution in [-0.2, 0) is 13.1 Å². The Morgan fingerprint density at radius 3 is 2.62 bits per heavy atom. The molecule has 3 N–H and O–H groups in total. The molecular formula is C14H16N4O3. The molecule has 1 heterocycles. The van der Waals surface area contributed by atoms with E-state index in [1.807, 2.05) is 0 Å². The van der Waals surface area contributed by atoms with Crippen LogP contribution in [0.25, 0.3) is 0 Å². The van der Waals surface area contributed by atoms with Crippen LogP contribution in [0.2, 0.25) is 0 Å². The predicted molar refractivity (Wildman–Crippen MR) is 75.7 cm³/mol. The molecule has 0 saturated carbocycles. The van der Waals surface area contributed by atoms with Crippen molar-refractivity contribution in [1.29, 1.82) is 0 Å². The highest BCUT2D eigenvalue weighted by molar-refractivity contribution is 5.87. The van der Waals surface area contributed by atoms with Gasteiger partial charge in [0.2, 0.25) is 0 Å². The van der Waals surface area contributed by atoms with Crippen molar-refractivity contribution < 1.29 is 14.7 Å². The molecule has 0 saturated heterocycles. The van der Waals surface area contributed by atoms with E-state index in [2.05, 4.69) is 15.3 Å². The second-order valence-corrected chi connectivity index (χ2v) is 4.55. The number of nitrogens with zero attached hydrogens (tertiary/aromatic N) is 2. The number of aromatic amines is 1. The van der Waals surface area contributed by atoms with Gasteiger partial charge in [-0.15, -0.1) is 0 Å². The molecule has 7 nitrogen and oxygen atoms in total. The van der Waals surface area contributed by atoms with Gasteiger partial charge in [0.1, 0.15) is 5.82 Å². The van der Waals surface area contributed by atoms with Crippen molar-refractivity contribution in [3.05, 3.63) is 53.6 Å². The molecule has 2 amide bonds. The summed E-state index contributed by atoms with van der Waals surface area (Å²) in [5, 5.41) is 11.6. The Kier molecular flexibility index (Phi) is 4.55. The third-order valence-electron chi connectivity index (χ3n) is 2.93. The highest BCUT2D eigenvalue weighted by Gasteiger charge is 2.10. The minimum absolute atomic E-state index is 0.226. The van der Waals surface area contributed by atoms with Crippen LogP contribution in [-0.4, -0.2) is 39.0 Å². The summed E-state index contributed by atoms with van der Waals surface area (Å²) in [5.41, 5.74) is 1.08. The second kappa shape index (κ2) is 6.56. The number of aromatic nitrogens is 2. The van der Waals surface area contributed by atoms with E-state index >= 15 is 0 Å². The molecule has 110 valence electrons. The third kappa shape index (κ3) is 4.07. The van der Waals surface area contributed by atoms with Gasteiger partial charge in [-0.2, -0.15) is 0 Å². The van der Waals surface area contributed by atoms with Crippen molar-refractivity contribution in [1.82, 2.24) is 20.2 Å². The van der Waals surface area contributed by atoms with Crippen LogP contribution in [0, 0.1) is 0 Å². The highest BCUT2D eigenvalue weighted by Crippen LogP contribution is 2.07. The van der Waals surface area contributed by atoms with Crippen LogP contribution in [0.15, 0.2) is 36.7 Å². The second-order valence-electron chi connectivity index (χ2n) is 4.55. The van der Waals surface area contributed by atoms with Gasteiger partial charge in [0.05, 0.1) is 12.1 Å². The molecule has 0 radical (unpaired) electrons. The Bertz CT molecular complexity index is 608. The normalized spacial score (nSPS) is 10.1. The molecule has 0 bridgehead atoms. The molecule has 0 aliphatic rings. The number of imidazole rings is 1. The van der Waals surface area contributed by atoms with Gasteiger partial charge in [-0.25, -0.2) is 14.6 Å². The van der Waals surface area contributed by atoms with Crippen LogP contribution >= 0.6 is 0 Å². The number of H-pyrrole nitrogens is 1. The maximum atomic E-state index is 11.9. The maximum Gasteiger partial charge on any atom is 0.335 e. The number of benzene rings is 1. The van der Waals surface area contributed by atoms with Gasteiger partial charge in [-0.05, 0) is 17.7 Å². The topological polar surface area (TPSA) is 98.3 Å². The van der Waals surface area contributed by atoms with Gasteiger partial charge in [0.25, 0.3) is 0 Å². The van der Waals surface area contributed by atoms with Gasteiger partial charge >= 0.3 is 12.0 Å². The summed E-state index contributed by atoms with van der Waals surface area (Å²) in [6.45, 7) is 0.720. The fourth-order valence-electron chi connectivity index (χ4n) is 1.79. The van der Waals surface area contributed by atoms with Crippen molar-refractivity contribution in [3.8, 4) is 0 Å². The first-order valence-corrected chi connectivity index (χ1v) is 6.35. The molecule has 0 fully saturated rings. The first kappa shape index (κ1) is 14.6. The van der Waals surface area contributed by atoms with Crippen LogP contribution in [0.5, 0.6) is 0 Å². The fourth-order valence-corrected chi connectivity index (χ4v) is 1.79. The van der Waals surface area contributed by atoms with Crippen LogP contribution < -0.4 is 5.32 Å². The van der Waals surface area contributed by atoms with Gasteiger partial charge in [0.15, 0.2) is 0 Å². The molecule has 7 heteroatoms. The van der Waals surface area contributed by atoms with Crippen molar-refractivity contribution >= 4 is 12.0 Å². The molecule has 1 aromatic carbocycles. The molecule has 0 aliphatic heterocycles. The predicted octanol–water partition coefficient (Wildman–Crippen LogP) is 1.45. The number of carboxylic acid groups (broad SMARTS) is 1. The Hall–Kier alpha value is -2.83. The molecule has 21 heavy (non-hydrogen) atoms. The number of aromatic carboxylic acids is 1. The van der Waals surface area contributed by atoms with Gasteiger partial charge in [-0.3, -0.25) is 0 Å². The largest absolute Gasteiger partial charge is 0.478 e. The quantitative estimate of drug-likeness (QED) is 0.775. The van der Waals surface area contributed by atoms with E-state index < -0.39 is 5.97 Å². The lowest BCUT2D eigenvalue weighted by atomic mass is 10.1. The number of carbonyl (C=O) groups excluding carboxylic acids is 1. The summed E-state index contributed by atoms with van der Waals surface area (Å²) >= 11 is 0. The molecule has 0 spiro atoms. The highest BCUT2D eigenvalue weighted by atomic mass is 16.4. The summed E-state index contributed by atoms with van der Waals surface area (Å²) in [6.07, 6.45) is 3.31. The number of urea groups is 1. The average molecular weight is 288 g/mol. The number of nitrogens with one attached hydrogen (secondary N) is 2. The van der Waals surface area contributed by atoms with Gasteiger partial charge < -0.3 is 20.3 Å². The zero-order valence-corrected chi connectivity index (χ0v) is 11.5. The summed E-state index contributed by atoms with van der Waals surface area (Å²) in [7, 11) is 1.67. The summed E-state index contributed by atoms with van der Waals surface area (Å²) < 4.78 is 0. The van der Waals surface area contributed by atoms with E-state index in [9.17, 15) is 9.59 Å². The minimum Gasteiger partial charge on any atom is -0.478 e. The zero-order valence-electron chi connectivity index (χ0n) is 11.5. The van der Waals surface area contributed by atoms with Crippen molar-refractivity contribution in [2.75, 3.05) is 7.05 Å². The summed E-state index contributed by atoms with van der Waals surface area (Å²) in [4.78, 5) is 31.1. The lowest BCUT2D eigenvalue weighted by molar-refractivity contribution is 0.0697. The van der Waals surface area contributed by atoms with E-state index in [0.717, 1.165) is 5.56 Å². The van der Waals surface area contributed by atoms with Gasteiger partial charge in [-0.1, -0.05) is 12.1 Å². The van der Waals surface area contributed by atoms with Gasteiger partial charge in [0, 0.05) is 26.0 Å². The standard InChI is InChI=1S/C14H16N4O3/c1-18(14(21)17-8-12-15-6-7-16-12)9-10-2-4-11(5-3-10)13(19)20/h2-7H,8-9H2,1H3,(H,15,16)(H,17,21)(H,19,20). The number of carbonyl (C=O) groups is 2. The molecule has 2 aromatic rings. The lowest BCUT2D eigenvalue weighted by Gasteiger charge is -2.17. The first-order chi connectivity index (χ1) is 10.1. The van der Waals surface area contributed by atoms with Crippen molar-refractivity contribution in [2.24, 2.45) is 0 Å². The number of hydrogen-bond acceptors (Lipinski definition) is 3. The summed E-state index contributed by atoms with van der Waals surface area (Å²) in [6, 6.07) is 6.20. The van der Waals surface area contributed by atoms with E-state index in [1.54, 1.807) is 31.6 Å². The fraction of sp³-hybridized carbons (Fsp3) is 0.214. The molecule has 0 atom stereocenters. The van der Waals surface area contributed by atoms with Crippen LogP contribution in [0.1, 0.15) is 21.7 Å². The van der Waals surface area contributed by atoms with E-state index in [0.29, 0.717) is 18.9 Å². The summed E-state index contributed by atoms with van der Waals surface area (Å²) in [5.74, 6) is -0.284. The number of carboxylic acids is 1. The van der Waals surface area contributed by atoms with E-state index in [4.69, 9.17) is 5.11 Å². The molecule has 0 aliphatic carbocycles. The maximum absolute atomic E-state index is 11.9. The lowest BCUT2D eigenvalue weighted by Crippen LogP contribution is -2.36. The van der Waals surface area contributed by atoms with Crippen molar-refractivity contribution in [2.45, 2.75) is 13.1 Å². The number of amides is 2. The Morgan fingerprint density at radius 1 is 1.33 bits per heavy atom. The Morgan fingerprint density at radius 2 is 2.05 bits per heavy atom. The number of hydrogen-bond donors (Lipinski definition) is 3. The van der Waals surface area contributed by atoms with Crippen molar-refractivity contribution in [3.63, 3.8) is 0 Å². The first-order valence-electron chi connectivity index (χ1n) is 6.35. The molecule has 0 unspecified atom stereocenters. The smallest absolute Gasteiger partial charge is 0.335 e. The van der Waals surface area contributed by atoms with Crippen LogP contribution in [0.4, 0.5) is 4.79 Å². The van der Waals surface area contributed by atoms with E-state index in [1.165, 1.54) is 17.0 Å². The molecule has 2 rings (SSSR count). The monoisotopic (exact) mass is 288 g/mol. The van der Waals surface area contributed by atoms with E-state index in [-0.39, 0.29) is 11.6 Å². The minimum atomic E-state index is -0.967. The Balaban J connectivity index is 1.86. The molecule has 1 aromatic heterocycles. The Labute approximate surface area is 121 Å². The average Bonchev–Trinajstić information content (AvgIpc) is 2.98. The third-order valence-corrected chi connectivity index (χ3v) is 2.93.